The molecule has 29 heavy (non-hydrogen) atoms. The van der Waals surface area contributed by atoms with Crippen LogP contribution < -0.4 is 0 Å². The molecule has 2 aromatic heterocycles. The number of hydrogen-bond acceptors (Lipinski definition) is 9. The lowest BCUT2D eigenvalue weighted by Gasteiger charge is -2.23. The number of halogens is 2. The van der Waals surface area contributed by atoms with Crippen LogP contribution in [0.1, 0.15) is 27.0 Å². The molecule has 0 aromatic carbocycles. The van der Waals surface area contributed by atoms with Crippen LogP contribution in [0.5, 0.6) is 0 Å². The Morgan fingerprint density at radius 2 is 1.76 bits per heavy atom. The average Bonchev–Trinajstić information content (AvgIpc) is 3.15. The second-order valence-corrected chi connectivity index (χ2v) is 7.02. The molecule has 3 rings (SSSR count). The van der Waals surface area contributed by atoms with Crippen LogP contribution in [-0.2, 0) is 33.3 Å². The van der Waals surface area contributed by atoms with Crippen LogP contribution in [-0.4, -0.2) is 57.6 Å². The number of rotatable bonds is 5. The van der Waals surface area contributed by atoms with Crippen molar-refractivity contribution >= 4 is 52.0 Å². The van der Waals surface area contributed by atoms with Crippen LogP contribution in [0, 0.1) is 0 Å². The van der Waals surface area contributed by atoms with E-state index < -0.39 is 42.4 Å². The zero-order chi connectivity index (χ0) is 21.3. The summed E-state index contributed by atoms with van der Waals surface area (Å²) in [6.45, 7) is 3.42. The van der Waals surface area contributed by atoms with Crippen molar-refractivity contribution in [1.29, 1.82) is 0 Å². The first-order chi connectivity index (χ1) is 13.7. The summed E-state index contributed by atoms with van der Waals surface area (Å²) in [5.74, 6) is -1.79. The maximum absolute atomic E-state index is 11.7. The molecule has 0 spiro atoms. The molecule has 0 aliphatic carbocycles. The molecule has 0 saturated carbocycles. The van der Waals surface area contributed by atoms with Gasteiger partial charge in [-0.1, -0.05) is 23.2 Å². The van der Waals surface area contributed by atoms with Crippen molar-refractivity contribution in [2.45, 2.75) is 45.3 Å². The smallest absolute Gasteiger partial charge is 0.303 e. The zero-order valence-corrected chi connectivity index (χ0v) is 17.1. The van der Waals surface area contributed by atoms with Gasteiger partial charge in [0.1, 0.15) is 23.0 Å². The molecule has 1 fully saturated rings. The highest BCUT2D eigenvalue weighted by Gasteiger charge is 2.51. The minimum absolute atomic E-state index is 0.124. The van der Waals surface area contributed by atoms with Gasteiger partial charge in [-0.25, -0.2) is 9.67 Å². The molecular weight excluding hydrogens is 429 g/mol. The third-order valence-corrected chi connectivity index (χ3v) is 4.58. The molecule has 1 aliphatic rings. The molecule has 3 heterocycles. The van der Waals surface area contributed by atoms with Gasteiger partial charge < -0.3 is 18.9 Å². The molecule has 0 N–H and O–H groups in total. The first kappa shape index (κ1) is 21.3. The number of carbonyl (C=O) groups excluding carboxylic acids is 3. The van der Waals surface area contributed by atoms with Gasteiger partial charge in [-0.2, -0.15) is 5.10 Å². The number of aromatic nitrogens is 3. The Kier molecular flexibility index (Phi) is 6.25. The molecule has 0 amide bonds. The van der Waals surface area contributed by atoms with E-state index in [-0.39, 0.29) is 16.9 Å². The molecule has 1 saturated heterocycles. The minimum Gasteiger partial charge on any atom is -0.463 e. The van der Waals surface area contributed by atoms with E-state index in [1.807, 2.05) is 0 Å². The highest BCUT2D eigenvalue weighted by molar-refractivity contribution is 6.36. The number of esters is 3. The molecule has 0 bridgehead atoms. The summed E-state index contributed by atoms with van der Waals surface area (Å²) >= 11 is 12.1. The Labute approximate surface area is 174 Å². The third-order valence-electron chi connectivity index (χ3n) is 4.10. The van der Waals surface area contributed by atoms with Gasteiger partial charge in [0.2, 0.25) is 0 Å². The maximum atomic E-state index is 11.7. The van der Waals surface area contributed by atoms with E-state index in [0.717, 1.165) is 0 Å². The Bertz CT molecular complexity index is 964. The summed E-state index contributed by atoms with van der Waals surface area (Å²) in [4.78, 5) is 38.5. The molecule has 1 aliphatic heterocycles. The van der Waals surface area contributed by atoms with Gasteiger partial charge in [-0.05, 0) is 0 Å². The number of hydrogen-bond donors (Lipinski definition) is 0. The minimum atomic E-state index is -1.06. The summed E-state index contributed by atoms with van der Waals surface area (Å²) in [5.41, 5.74) is 0.465. The largest absolute Gasteiger partial charge is 0.463 e. The topological polar surface area (TPSA) is 119 Å². The molecule has 2 aromatic rings. The Balaban J connectivity index is 2.04. The molecule has 0 unspecified atom stereocenters. The van der Waals surface area contributed by atoms with Crippen molar-refractivity contribution in [3.8, 4) is 0 Å². The SMILES string of the molecule is CC(=O)OC[C@H]1O[C@@H](n2ncc3c(Cl)nc(Cl)cc32)[C@H](OC(C)=O)[C@@H]1OC(C)=O. The van der Waals surface area contributed by atoms with E-state index in [1.165, 1.54) is 37.7 Å². The predicted octanol–water partition coefficient (Wildman–Crippen LogP) is 2.06. The first-order valence-corrected chi connectivity index (χ1v) is 9.25. The number of carbonyl (C=O) groups is 3. The predicted molar refractivity (Wildman–Crippen MR) is 99.2 cm³/mol. The van der Waals surface area contributed by atoms with Crippen molar-refractivity contribution in [2.24, 2.45) is 0 Å². The fourth-order valence-electron chi connectivity index (χ4n) is 3.07. The summed E-state index contributed by atoms with van der Waals surface area (Å²) in [5, 5.41) is 5.00. The van der Waals surface area contributed by atoms with Gasteiger partial charge in [0.25, 0.3) is 0 Å². The van der Waals surface area contributed by atoms with Crippen molar-refractivity contribution in [3.63, 3.8) is 0 Å². The summed E-state index contributed by atoms with van der Waals surface area (Å²) in [7, 11) is 0. The molecular formula is C17H17Cl2N3O7. The van der Waals surface area contributed by atoms with Gasteiger partial charge in [0, 0.05) is 26.8 Å². The van der Waals surface area contributed by atoms with Gasteiger partial charge in [0.05, 0.1) is 17.1 Å². The molecule has 156 valence electrons. The van der Waals surface area contributed by atoms with Crippen LogP contribution in [0.3, 0.4) is 0 Å². The van der Waals surface area contributed by atoms with Crippen LogP contribution in [0.25, 0.3) is 10.9 Å². The zero-order valence-electron chi connectivity index (χ0n) is 15.6. The lowest BCUT2D eigenvalue weighted by molar-refractivity contribution is -0.166. The van der Waals surface area contributed by atoms with Crippen LogP contribution in [0.15, 0.2) is 12.3 Å². The van der Waals surface area contributed by atoms with Gasteiger partial charge in [-0.15, -0.1) is 0 Å². The van der Waals surface area contributed by atoms with Crippen LogP contribution >= 0.6 is 23.2 Å². The van der Waals surface area contributed by atoms with Gasteiger partial charge in [0.15, 0.2) is 18.4 Å². The van der Waals surface area contributed by atoms with Gasteiger partial charge >= 0.3 is 17.9 Å². The highest BCUT2D eigenvalue weighted by atomic mass is 35.5. The van der Waals surface area contributed by atoms with Gasteiger partial charge in [-0.3, -0.25) is 14.4 Å². The highest BCUT2D eigenvalue weighted by Crippen LogP contribution is 2.37. The van der Waals surface area contributed by atoms with Crippen LogP contribution in [0.4, 0.5) is 0 Å². The number of fused-ring (bicyclic) bond motifs is 1. The second-order valence-electron chi connectivity index (χ2n) is 6.27. The monoisotopic (exact) mass is 445 g/mol. The van der Waals surface area contributed by atoms with Crippen molar-refractivity contribution in [2.75, 3.05) is 6.61 Å². The van der Waals surface area contributed by atoms with E-state index in [0.29, 0.717) is 10.9 Å². The van der Waals surface area contributed by atoms with E-state index in [1.54, 1.807) is 0 Å². The Hall–Kier alpha value is -2.43. The lowest BCUT2D eigenvalue weighted by atomic mass is 10.1. The fraction of sp³-hybridized carbons (Fsp3) is 0.471. The first-order valence-electron chi connectivity index (χ1n) is 8.50. The van der Waals surface area contributed by atoms with E-state index in [4.69, 9.17) is 42.1 Å². The lowest BCUT2D eigenvalue weighted by Crippen LogP contribution is -2.40. The fourth-order valence-corrected chi connectivity index (χ4v) is 3.53. The Morgan fingerprint density at radius 3 is 2.38 bits per heavy atom. The number of ether oxygens (including phenoxy) is 4. The van der Waals surface area contributed by atoms with E-state index in [2.05, 4.69) is 10.1 Å². The standard InChI is InChI=1S/C17H17Cl2N3O7/c1-7(23)26-6-12-14(27-8(2)24)15(28-9(3)25)17(29-12)22-11-4-13(18)21-16(19)10(11)5-20-22/h4-5,12,14-15,17H,6H2,1-3H3/t12-,14-,15-,17-/m1/s1. The summed E-state index contributed by atoms with van der Waals surface area (Å²) in [6, 6.07) is 1.52. The average molecular weight is 446 g/mol. The number of pyridine rings is 1. The van der Waals surface area contributed by atoms with E-state index in [9.17, 15) is 14.4 Å². The van der Waals surface area contributed by atoms with Crippen molar-refractivity contribution in [3.05, 3.63) is 22.6 Å². The molecule has 0 radical (unpaired) electrons. The third kappa shape index (κ3) is 4.60. The normalized spacial score (nSPS) is 23.8. The van der Waals surface area contributed by atoms with E-state index >= 15 is 0 Å². The molecule has 10 nitrogen and oxygen atoms in total. The molecule has 4 atom stereocenters. The quantitative estimate of drug-likeness (QED) is 0.386. The summed E-state index contributed by atoms with van der Waals surface area (Å²) in [6.07, 6.45) is -2.55. The van der Waals surface area contributed by atoms with Crippen molar-refractivity contribution < 1.29 is 33.3 Å². The molecule has 12 heteroatoms. The van der Waals surface area contributed by atoms with Crippen LogP contribution in [0.2, 0.25) is 10.3 Å². The Morgan fingerprint density at radius 1 is 1.10 bits per heavy atom. The van der Waals surface area contributed by atoms with Crippen molar-refractivity contribution in [1.82, 2.24) is 14.8 Å². The summed E-state index contributed by atoms with van der Waals surface area (Å²) < 4.78 is 23.0. The number of nitrogens with zero attached hydrogens (tertiary/aromatic N) is 3. The maximum Gasteiger partial charge on any atom is 0.303 e. The second kappa shape index (κ2) is 8.52.